The van der Waals surface area contributed by atoms with Crippen molar-refractivity contribution < 1.29 is 27.4 Å². The molecule has 0 N–H and O–H groups in total. The molecule has 1 saturated heterocycles. The normalized spacial score (nSPS) is 14.9. The number of anilines is 2. The maximum absolute atomic E-state index is 12.7. The van der Waals surface area contributed by atoms with Gasteiger partial charge >= 0.3 is 6.36 Å². The van der Waals surface area contributed by atoms with Gasteiger partial charge in [0.25, 0.3) is 5.69 Å². The molecule has 7 nitrogen and oxygen atoms in total. The Bertz CT molecular complexity index is 1190. The maximum atomic E-state index is 12.7. The van der Waals surface area contributed by atoms with Gasteiger partial charge in [-0.15, -0.1) is 13.2 Å². The summed E-state index contributed by atoms with van der Waals surface area (Å²) >= 11 is 6.36. The Morgan fingerprint density at radius 1 is 1.18 bits per heavy atom. The summed E-state index contributed by atoms with van der Waals surface area (Å²) in [6.45, 7) is 3.84. The first kappa shape index (κ1) is 24.2. The number of para-hydroxylation sites is 1. The topological polar surface area (TPSA) is 57.9 Å². The van der Waals surface area contributed by atoms with Crippen LogP contribution in [0.5, 0.6) is 5.75 Å². The van der Waals surface area contributed by atoms with Crippen molar-refractivity contribution in [1.82, 2.24) is 9.88 Å². The van der Waals surface area contributed by atoms with Crippen molar-refractivity contribution >= 4 is 39.7 Å². The third kappa shape index (κ3) is 5.75. The molecule has 34 heavy (non-hydrogen) atoms. The quantitative estimate of drug-likeness (QED) is 0.415. The summed E-state index contributed by atoms with van der Waals surface area (Å²) in [7, 11) is 1.22. The van der Waals surface area contributed by atoms with Crippen LogP contribution in [0.25, 0.3) is 10.9 Å². The molecule has 0 spiro atoms. The van der Waals surface area contributed by atoms with Gasteiger partial charge in [-0.25, -0.2) is 4.98 Å². The van der Waals surface area contributed by atoms with Crippen LogP contribution in [-0.2, 0) is 4.74 Å². The van der Waals surface area contributed by atoms with Gasteiger partial charge in [-0.3, -0.25) is 4.90 Å². The van der Waals surface area contributed by atoms with Gasteiger partial charge in [0.2, 0.25) is 0 Å². The van der Waals surface area contributed by atoms with Crippen molar-refractivity contribution in [2.75, 3.05) is 51.3 Å². The highest BCUT2D eigenvalue weighted by molar-refractivity contribution is 6.35. The number of aromatic nitrogens is 1. The minimum absolute atomic E-state index is 0.0183. The standard InChI is InChI=1S/C23H23ClF3N4O3/c1-29(32)20-15-17(34-23(25,26)27)6-7-19(20)31(10-9-30-11-13-33-14-12-30)21-8-5-16-3-2-4-18(24)22(16)28-21/h2-8,15H,9-14H2,1H3/q+1. The van der Waals surface area contributed by atoms with Crippen LogP contribution in [0.15, 0.2) is 48.5 Å². The lowest BCUT2D eigenvalue weighted by Crippen LogP contribution is -2.40. The molecular formula is C23H23ClF3N4O3+. The molecule has 2 aromatic carbocycles. The molecule has 1 fully saturated rings. The number of morpholine rings is 1. The van der Waals surface area contributed by atoms with Gasteiger partial charge in [-0.2, -0.15) is 0 Å². The highest BCUT2D eigenvalue weighted by Crippen LogP contribution is 2.37. The molecule has 0 amide bonds. The van der Waals surface area contributed by atoms with Crippen LogP contribution < -0.4 is 9.64 Å². The third-order valence-electron chi connectivity index (χ3n) is 5.49. The minimum Gasteiger partial charge on any atom is -0.406 e. The Labute approximate surface area is 199 Å². The fourth-order valence-electron chi connectivity index (χ4n) is 3.86. The first-order valence-corrected chi connectivity index (χ1v) is 11.0. The van der Waals surface area contributed by atoms with Crippen LogP contribution in [-0.4, -0.2) is 67.4 Å². The van der Waals surface area contributed by atoms with Crippen molar-refractivity contribution in [3.8, 4) is 5.75 Å². The largest absolute Gasteiger partial charge is 0.573 e. The molecule has 0 atom stereocenters. The lowest BCUT2D eigenvalue weighted by atomic mass is 10.2. The Hall–Kier alpha value is -2.95. The van der Waals surface area contributed by atoms with Crippen molar-refractivity contribution in [3.63, 3.8) is 0 Å². The first-order valence-electron chi connectivity index (χ1n) is 10.6. The van der Waals surface area contributed by atoms with Gasteiger partial charge in [0.15, 0.2) is 7.05 Å². The highest BCUT2D eigenvalue weighted by Gasteiger charge is 2.33. The molecule has 1 aliphatic rings. The van der Waals surface area contributed by atoms with Crippen molar-refractivity contribution in [2.45, 2.75) is 6.36 Å². The van der Waals surface area contributed by atoms with E-state index in [4.69, 9.17) is 21.3 Å². The second-order valence-corrected chi connectivity index (χ2v) is 8.19. The third-order valence-corrected chi connectivity index (χ3v) is 5.79. The predicted octanol–water partition coefficient (Wildman–Crippen LogP) is 5.30. The zero-order chi connectivity index (χ0) is 24.3. The van der Waals surface area contributed by atoms with E-state index in [-0.39, 0.29) is 5.69 Å². The number of ether oxygens (including phenoxy) is 2. The molecule has 3 aromatic rings. The average Bonchev–Trinajstić information content (AvgIpc) is 2.80. The smallest absolute Gasteiger partial charge is 0.406 e. The molecule has 0 radical (unpaired) electrons. The van der Waals surface area contributed by atoms with Gasteiger partial charge in [0.1, 0.15) is 17.3 Å². The van der Waals surface area contributed by atoms with Gasteiger partial charge in [-0.05, 0) is 30.3 Å². The number of halogens is 4. The van der Waals surface area contributed by atoms with E-state index in [0.29, 0.717) is 53.1 Å². The average molecular weight is 496 g/mol. The molecule has 1 aliphatic heterocycles. The number of benzene rings is 2. The van der Waals surface area contributed by atoms with Crippen LogP contribution >= 0.6 is 11.6 Å². The number of rotatable bonds is 7. The van der Waals surface area contributed by atoms with Crippen LogP contribution in [0.4, 0.5) is 30.4 Å². The molecule has 0 bridgehead atoms. The molecule has 0 unspecified atom stereocenters. The Kier molecular flexibility index (Phi) is 7.20. The number of alkyl halides is 3. The van der Waals surface area contributed by atoms with E-state index in [1.165, 1.54) is 19.2 Å². The lowest BCUT2D eigenvalue weighted by Gasteiger charge is -2.30. The molecule has 0 saturated carbocycles. The minimum atomic E-state index is -4.87. The van der Waals surface area contributed by atoms with E-state index >= 15 is 0 Å². The van der Waals surface area contributed by atoms with E-state index in [1.807, 2.05) is 18.2 Å². The van der Waals surface area contributed by atoms with Gasteiger partial charge in [0, 0.05) is 41.2 Å². The first-order chi connectivity index (χ1) is 16.2. The zero-order valence-corrected chi connectivity index (χ0v) is 19.1. The molecule has 180 valence electrons. The van der Waals surface area contributed by atoms with Crippen molar-refractivity contribution in [3.05, 3.63) is 58.5 Å². The van der Waals surface area contributed by atoms with Crippen LogP contribution in [0.2, 0.25) is 5.02 Å². The molecule has 1 aromatic heterocycles. The maximum Gasteiger partial charge on any atom is 0.573 e. The number of pyridine rings is 1. The molecule has 2 heterocycles. The summed E-state index contributed by atoms with van der Waals surface area (Å²) in [4.78, 5) is 21.1. The number of nitroso groups, excluding NO2 is 1. The Morgan fingerprint density at radius 2 is 1.94 bits per heavy atom. The van der Waals surface area contributed by atoms with Crippen LogP contribution in [0.3, 0.4) is 0 Å². The van der Waals surface area contributed by atoms with Crippen molar-refractivity contribution in [1.29, 1.82) is 0 Å². The van der Waals surface area contributed by atoms with E-state index in [2.05, 4.69) is 9.64 Å². The lowest BCUT2D eigenvalue weighted by molar-refractivity contribution is -0.427. The molecule has 11 heteroatoms. The number of hydrogen-bond donors (Lipinski definition) is 0. The second-order valence-electron chi connectivity index (χ2n) is 7.78. The second kappa shape index (κ2) is 10.1. The Morgan fingerprint density at radius 3 is 2.65 bits per heavy atom. The van der Waals surface area contributed by atoms with Gasteiger partial charge < -0.3 is 14.4 Å². The monoisotopic (exact) mass is 495 g/mol. The predicted molar refractivity (Wildman–Crippen MR) is 123 cm³/mol. The van der Waals surface area contributed by atoms with E-state index in [1.54, 1.807) is 17.0 Å². The van der Waals surface area contributed by atoms with Gasteiger partial charge in [0.05, 0.1) is 29.8 Å². The molecule has 0 aliphatic carbocycles. The summed E-state index contributed by atoms with van der Waals surface area (Å²) in [5, 5.41) is 1.32. The van der Waals surface area contributed by atoms with E-state index in [0.717, 1.165) is 24.5 Å². The fourth-order valence-corrected chi connectivity index (χ4v) is 4.08. The van der Waals surface area contributed by atoms with Gasteiger partial charge in [-0.1, -0.05) is 23.7 Å². The SMILES string of the molecule is C[N+](=O)c1cc(OC(F)(F)F)ccc1N(CCN1CCOCC1)c1ccc2cccc(Cl)c2n1. The summed E-state index contributed by atoms with van der Waals surface area (Å²) in [6.07, 6.45) is -4.87. The number of fused-ring (bicyclic) bond motifs is 1. The fraction of sp³-hybridized carbons (Fsp3) is 0.348. The summed E-state index contributed by atoms with van der Waals surface area (Å²) in [6, 6.07) is 12.8. The highest BCUT2D eigenvalue weighted by atomic mass is 35.5. The van der Waals surface area contributed by atoms with E-state index in [9.17, 15) is 18.1 Å². The molecule has 4 rings (SSSR count). The number of nitrogens with zero attached hydrogens (tertiary/aromatic N) is 4. The number of hydrogen-bond acceptors (Lipinski definition) is 6. The van der Waals surface area contributed by atoms with E-state index < -0.39 is 12.1 Å². The summed E-state index contributed by atoms with van der Waals surface area (Å²) in [5.41, 5.74) is 1.01. The Balaban J connectivity index is 1.76. The zero-order valence-electron chi connectivity index (χ0n) is 18.4. The van der Waals surface area contributed by atoms with Crippen molar-refractivity contribution in [2.24, 2.45) is 0 Å². The van der Waals surface area contributed by atoms with Crippen LogP contribution in [0, 0.1) is 4.91 Å². The summed E-state index contributed by atoms with van der Waals surface area (Å²) in [5.74, 6) is 0.0399. The molecular weight excluding hydrogens is 473 g/mol. The summed E-state index contributed by atoms with van der Waals surface area (Å²) < 4.78 is 48.2. The van der Waals surface area contributed by atoms with Crippen LogP contribution in [0.1, 0.15) is 0 Å².